The second-order valence-corrected chi connectivity index (χ2v) is 6.68. The van der Waals surface area contributed by atoms with E-state index < -0.39 is 0 Å². The van der Waals surface area contributed by atoms with E-state index in [0.29, 0.717) is 23.2 Å². The van der Waals surface area contributed by atoms with Gasteiger partial charge >= 0.3 is 0 Å². The average molecular weight is 377 g/mol. The maximum absolute atomic E-state index is 13.6. The molecule has 0 unspecified atom stereocenters. The first-order valence-corrected chi connectivity index (χ1v) is 9.13. The number of hydrogen-bond donors (Lipinski definition) is 0. The van der Waals surface area contributed by atoms with Gasteiger partial charge in [0.25, 0.3) is 0 Å². The summed E-state index contributed by atoms with van der Waals surface area (Å²) in [5.74, 6) is -0.376. The lowest BCUT2D eigenvalue weighted by Gasteiger charge is -2.07. The molecule has 0 radical (unpaired) electrons. The van der Waals surface area contributed by atoms with E-state index in [-0.39, 0.29) is 5.82 Å². The maximum Gasteiger partial charge on any atom is 0.123 e. The second kappa shape index (κ2) is 7.84. The molecular weight excluding hydrogens is 361 g/mol. The summed E-state index contributed by atoms with van der Waals surface area (Å²) in [6.45, 7) is 0.542. The highest BCUT2D eigenvalue weighted by molar-refractivity contribution is 5.98. The molecule has 1 heterocycles. The fourth-order valence-corrected chi connectivity index (χ4v) is 3.46. The zero-order valence-corrected chi connectivity index (χ0v) is 15.5. The van der Waals surface area contributed by atoms with Gasteiger partial charge in [-0.25, -0.2) is 4.39 Å². The summed E-state index contributed by atoms with van der Waals surface area (Å²) in [6.07, 6.45) is 3.75. The number of benzene rings is 3. The van der Waals surface area contributed by atoms with E-state index in [9.17, 15) is 14.9 Å². The van der Waals surface area contributed by atoms with Crippen LogP contribution < -0.4 is 0 Å². The van der Waals surface area contributed by atoms with Crippen LogP contribution in [0.5, 0.6) is 0 Å². The Morgan fingerprint density at radius 3 is 2.55 bits per heavy atom. The molecule has 0 aliphatic heterocycles. The molecule has 0 aliphatic carbocycles. The normalized spacial score (nSPS) is 11.2. The predicted molar refractivity (Wildman–Crippen MR) is 112 cm³/mol. The molecule has 29 heavy (non-hydrogen) atoms. The number of rotatable bonds is 4. The van der Waals surface area contributed by atoms with Crippen molar-refractivity contribution >= 4 is 22.6 Å². The number of hydrogen-bond acceptors (Lipinski definition) is 2. The van der Waals surface area contributed by atoms with Crippen molar-refractivity contribution in [3.63, 3.8) is 0 Å². The zero-order chi connectivity index (χ0) is 20.2. The number of fused-ring (bicyclic) bond motifs is 1. The molecule has 0 amide bonds. The van der Waals surface area contributed by atoms with Crippen molar-refractivity contribution in [2.24, 2.45) is 0 Å². The number of nitriles is 2. The van der Waals surface area contributed by atoms with Gasteiger partial charge in [0.2, 0.25) is 0 Å². The Kier molecular flexibility index (Phi) is 4.93. The van der Waals surface area contributed by atoms with Crippen LogP contribution in [0, 0.1) is 28.5 Å². The average Bonchev–Trinajstić information content (AvgIpc) is 3.10. The Morgan fingerprint density at radius 2 is 1.76 bits per heavy atom. The van der Waals surface area contributed by atoms with Crippen molar-refractivity contribution in [1.29, 1.82) is 10.5 Å². The lowest BCUT2D eigenvalue weighted by molar-refractivity contribution is 0.627. The first kappa shape index (κ1) is 18.2. The van der Waals surface area contributed by atoms with Crippen LogP contribution in [0.3, 0.4) is 0 Å². The number of aromatic nitrogens is 1. The van der Waals surface area contributed by atoms with E-state index in [2.05, 4.69) is 16.7 Å². The molecule has 3 nitrogen and oxygen atoms in total. The van der Waals surface area contributed by atoms with Crippen molar-refractivity contribution in [3.8, 4) is 12.1 Å². The van der Waals surface area contributed by atoms with E-state index in [1.54, 1.807) is 24.3 Å². The van der Waals surface area contributed by atoms with Crippen molar-refractivity contribution in [1.82, 2.24) is 4.57 Å². The van der Waals surface area contributed by atoms with Gasteiger partial charge in [0.1, 0.15) is 5.82 Å². The number of para-hydroxylation sites is 1. The van der Waals surface area contributed by atoms with Crippen LogP contribution in [0.4, 0.5) is 4.39 Å². The number of halogens is 1. The minimum atomic E-state index is -0.376. The molecule has 0 bridgehead atoms. The lowest BCUT2D eigenvalue weighted by Crippen LogP contribution is -2.00. The van der Waals surface area contributed by atoms with Crippen molar-refractivity contribution in [3.05, 3.63) is 107 Å². The molecule has 3 aromatic carbocycles. The molecule has 0 fully saturated rings. The third-order valence-electron chi connectivity index (χ3n) is 4.85. The van der Waals surface area contributed by atoms with Gasteiger partial charge in [-0.3, -0.25) is 0 Å². The van der Waals surface area contributed by atoms with Gasteiger partial charge in [0, 0.05) is 29.2 Å². The molecule has 0 aliphatic rings. The fourth-order valence-electron chi connectivity index (χ4n) is 3.46. The minimum Gasteiger partial charge on any atom is -0.342 e. The summed E-state index contributed by atoms with van der Waals surface area (Å²) in [6, 6.07) is 25.9. The summed E-state index contributed by atoms with van der Waals surface area (Å²) in [5.41, 5.74) is 4.37. The Morgan fingerprint density at radius 1 is 0.966 bits per heavy atom. The molecule has 4 heteroatoms. The van der Waals surface area contributed by atoms with Crippen LogP contribution in [-0.2, 0) is 6.54 Å². The van der Waals surface area contributed by atoms with Gasteiger partial charge in [-0.1, -0.05) is 48.5 Å². The molecule has 4 aromatic rings. The second-order valence-electron chi connectivity index (χ2n) is 6.68. The number of allylic oxidation sites excluding steroid dienone is 1. The van der Waals surface area contributed by atoms with Crippen LogP contribution in [-0.4, -0.2) is 4.57 Å². The summed E-state index contributed by atoms with van der Waals surface area (Å²) in [7, 11) is 0. The molecule has 138 valence electrons. The topological polar surface area (TPSA) is 52.5 Å². The van der Waals surface area contributed by atoms with Crippen molar-refractivity contribution in [2.45, 2.75) is 6.54 Å². The number of nitrogens with zero attached hydrogens (tertiary/aromatic N) is 3. The highest BCUT2D eigenvalue weighted by Crippen LogP contribution is 2.27. The molecule has 1 aromatic heterocycles. The zero-order valence-electron chi connectivity index (χ0n) is 15.5. The SMILES string of the molecule is N#CC(=Cc1cn(Cc2ccccc2C#N)c2ccccc12)c1cccc(F)c1. The van der Waals surface area contributed by atoms with E-state index in [0.717, 1.165) is 22.0 Å². The third-order valence-corrected chi connectivity index (χ3v) is 4.85. The maximum atomic E-state index is 13.6. The highest BCUT2D eigenvalue weighted by atomic mass is 19.1. The standard InChI is InChI=1S/C25H16FN3/c26-23-9-5-8-18(13-23)21(15-28)12-22-17-29(25-11-4-3-10-24(22)25)16-20-7-2-1-6-19(20)14-27/h1-13,17H,16H2. The predicted octanol–water partition coefficient (Wildman–Crippen LogP) is 5.76. The first-order valence-electron chi connectivity index (χ1n) is 9.13. The Balaban J connectivity index is 1.83. The fraction of sp³-hybridized carbons (Fsp3) is 0.0400. The monoisotopic (exact) mass is 377 g/mol. The Bertz CT molecular complexity index is 1320. The molecular formula is C25H16FN3. The van der Waals surface area contributed by atoms with Crippen molar-refractivity contribution < 1.29 is 4.39 Å². The summed E-state index contributed by atoms with van der Waals surface area (Å²) < 4.78 is 15.7. The summed E-state index contributed by atoms with van der Waals surface area (Å²) >= 11 is 0. The van der Waals surface area contributed by atoms with E-state index >= 15 is 0 Å². The van der Waals surface area contributed by atoms with Gasteiger partial charge in [-0.15, -0.1) is 0 Å². The largest absolute Gasteiger partial charge is 0.342 e. The summed E-state index contributed by atoms with van der Waals surface area (Å²) in [4.78, 5) is 0. The summed E-state index contributed by atoms with van der Waals surface area (Å²) in [5, 5.41) is 20.0. The van der Waals surface area contributed by atoms with Gasteiger partial charge in [0.05, 0.1) is 23.3 Å². The van der Waals surface area contributed by atoms with E-state index in [4.69, 9.17) is 0 Å². The van der Waals surface area contributed by atoms with Gasteiger partial charge in [-0.2, -0.15) is 10.5 Å². The lowest BCUT2D eigenvalue weighted by atomic mass is 10.0. The van der Waals surface area contributed by atoms with Crippen LogP contribution in [0.15, 0.2) is 79.0 Å². The quantitative estimate of drug-likeness (QED) is 0.424. The molecule has 4 rings (SSSR count). The molecule has 0 N–H and O–H groups in total. The van der Waals surface area contributed by atoms with Crippen LogP contribution >= 0.6 is 0 Å². The third kappa shape index (κ3) is 3.65. The van der Waals surface area contributed by atoms with Crippen LogP contribution in [0.2, 0.25) is 0 Å². The van der Waals surface area contributed by atoms with Crippen LogP contribution in [0.1, 0.15) is 22.3 Å². The van der Waals surface area contributed by atoms with E-state index in [1.165, 1.54) is 12.1 Å². The Labute approximate surface area is 168 Å². The van der Waals surface area contributed by atoms with Crippen LogP contribution in [0.25, 0.3) is 22.6 Å². The minimum absolute atomic E-state index is 0.376. The molecule has 0 spiro atoms. The molecule has 0 atom stereocenters. The molecule has 0 saturated heterocycles. The highest BCUT2D eigenvalue weighted by Gasteiger charge is 2.11. The van der Waals surface area contributed by atoms with Gasteiger partial charge < -0.3 is 4.57 Å². The van der Waals surface area contributed by atoms with Gasteiger partial charge in [-0.05, 0) is 41.5 Å². The smallest absolute Gasteiger partial charge is 0.123 e. The Hall–Kier alpha value is -4.15. The molecule has 0 saturated carbocycles. The van der Waals surface area contributed by atoms with Gasteiger partial charge in [0.15, 0.2) is 0 Å². The van der Waals surface area contributed by atoms with E-state index in [1.807, 2.05) is 48.7 Å². The van der Waals surface area contributed by atoms with Crippen molar-refractivity contribution in [2.75, 3.05) is 0 Å². The first-order chi connectivity index (χ1) is 14.2.